The lowest BCUT2D eigenvalue weighted by Gasteiger charge is -2.14. The first-order valence-corrected chi connectivity index (χ1v) is 9.23. The van der Waals surface area contributed by atoms with E-state index in [-0.39, 0.29) is 23.9 Å². The van der Waals surface area contributed by atoms with Gasteiger partial charge in [0.05, 0.1) is 5.92 Å². The van der Waals surface area contributed by atoms with Crippen LogP contribution in [0.1, 0.15) is 30.9 Å². The molecule has 1 fully saturated rings. The van der Waals surface area contributed by atoms with E-state index in [1.165, 1.54) is 22.3 Å². The van der Waals surface area contributed by atoms with E-state index in [0.717, 1.165) is 0 Å². The van der Waals surface area contributed by atoms with Gasteiger partial charge in [0.2, 0.25) is 0 Å². The molecule has 2 aromatic rings. The van der Waals surface area contributed by atoms with Crippen molar-refractivity contribution in [2.75, 3.05) is 13.2 Å². The van der Waals surface area contributed by atoms with Crippen molar-refractivity contribution in [3.05, 3.63) is 59.7 Å². The van der Waals surface area contributed by atoms with Crippen LogP contribution in [0, 0.1) is 17.3 Å². The average Bonchev–Trinajstić information content (AvgIpc) is 3.06. The molecule has 140 valence electrons. The van der Waals surface area contributed by atoms with Gasteiger partial charge in [0, 0.05) is 12.5 Å². The number of carbonyl (C=O) groups excluding carboxylic acids is 1. The van der Waals surface area contributed by atoms with Gasteiger partial charge < -0.3 is 15.2 Å². The Morgan fingerprint density at radius 1 is 1.04 bits per heavy atom. The number of fused-ring (bicyclic) bond motifs is 3. The number of nitrogens with one attached hydrogen (secondary N) is 1. The van der Waals surface area contributed by atoms with Crippen LogP contribution in [-0.2, 0) is 9.53 Å². The fourth-order valence-electron chi connectivity index (χ4n) is 4.46. The molecule has 2 aromatic carbocycles. The van der Waals surface area contributed by atoms with E-state index in [0.29, 0.717) is 6.54 Å². The first kappa shape index (κ1) is 17.6. The topological polar surface area (TPSA) is 75.6 Å². The highest BCUT2D eigenvalue weighted by Crippen LogP contribution is 2.57. The Kier molecular flexibility index (Phi) is 4.17. The summed E-state index contributed by atoms with van der Waals surface area (Å²) in [5.74, 6) is -1.26. The summed E-state index contributed by atoms with van der Waals surface area (Å²) in [6.45, 7) is 4.41. The summed E-state index contributed by atoms with van der Waals surface area (Å²) in [5.41, 5.74) is 4.42. The van der Waals surface area contributed by atoms with Crippen molar-refractivity contribution in [1.82, 2.24) is 5.32 Å². The highest BCUT2D eigenvalue weighted by molar-refractivity contribution is 5.79. The standard InChI is InChI=1S/C22H23NO4/c1-22(2)18(19(22)20(24)25)11-23-21(26)27-12-17-15-9-5-3-7-13(15)14-8-4-6-10-16(14)17/h3-10,17-19H,11-12H2,1-2H3,(H,23,26)(H,24,25)/t18-,19+/m1/s1. The SMILES string of the molecule is CC1(C)[C@H](CNC(=O)OCC2c3ccccc3-c3ccccc32)[C@H]1C(=O)O. The van der Waals surface area contributed by atoms with Gasteiger partial charge in [-0.2, -0.15) is 0 Å². The van der Waals surface area contributed by atoms with E-state index in [1.54, 1.807) is 0 Å². The molecule has 2 aliphatic rings. The molecule has 2 aliphatic carbocycles. The molecule has 0 radical (unpaired) electrons. The summed E-state index contributed by atoms with van der Waals surface area (Å²) in [5, 5.41) is 11.9. The van der Waals surface area contributed by atoms with Gasteiger partial charge in [0.1, 0.15) is 6.61 Å². The molecule has 27 heavy (non-hydrogen) atoms. The maximum Gasteiger partial charge on any atom is 0.407 e. The van der Waals surface area contributed by atoms with Crippen molar-refractivity contribution in [1.29, 1.82) is 0 Å². The third kappa shape index (κ3) is 2.97. The second-order valence-corrected chi connectivity index (χ2v) is 7.95. The molecule has 5 heteroatoms. The van der Waals surface area contributed by atoms with Gasteiger partial charge in [-0.3, -0.25) is 4.79 Å². The number of amides is 1. The second-order valence-electron chi connectivity index (χ2n) is 7.95. The molecular weight excluding hydrogens is 342 g/mol. The lowest BCUT2D eigenvalue weighted by Crippen LogP contribution is -2.29. The first-order chi connectivity index (χ1) is 12.9. The third-order valence-electron chi connectivity index (χ3n) is 6.13. The first-order valence-electron chi connectivity index (χ1n) is 9.23. The Morgan fingerprint density at radius 3 is 2.11 bits per heavy atom. The van der Waals surface area contributed by atoms with E-state index in [2.05, 4.69) is 29.6 Å². The van der Waals surface area contributed by atoms with Crippen molar-refractivity contribution < 1.29 is 19.4 Å². The largest absolute Gasteiger partial charge is 0.481 e. The number of benzene rings is 2. The summed E-state index contributed by atoms with van der Waals surface area (Å²) in [6, 6.07) is 16.4. The summed E-state index contributed by atoms with van der Waals surface area (Å²) >= 11 is 0. The quantitative estimate of drug-likeness (QED) is 0.843. The fraction of sp³-hybridized carbons (Fsp3) is 0.364. The summed E-state index contributed by atoms with van der Waals surface area (Å²) in [6.07, 6.45) is -0.497. The van der Waals surface area contributed by atoms with E-state index in [4.69, 9.17) is 4.74 Å². The number of ether oxygens (including phenoxy) is 1. The minimum absolute atomic E-state index is 0.0206. The number of hydrogen-bond donors (Lipinski definition) is 2. The van der Waals surface area contributed by atoms with Crippen LogP contribution in [0.2, 0.25) is 0 Å². The average molecular weight is 365 g/mol. The molecular formula is C22H23NO4. The maximum absolute atomic E-state index is 12.2. The molecule has 0 spiro atoms. The van der Waals surface area contributed by atoms with Crippen LogP contribution in [0.15, 0.2) is 48.5 Å². The van der Waals surface area contributed by atoms with Crippen LogP contribution in [0.4, 0.5) is 4.79 Å². The molecule has 0 saturated heterocycles. The Bertz CT molecular complexity index is 859. The van der Waals surface area contributed by atoms with Crippen LogP contribution in [0.3, 0.4) is 0 Å². The lowest BCUT2D eigenvalue weighted by atomic mass is 9.98. The molecule has 4 rings (SSSR count). The summed E-state index contributed by atoms with van der Waals surface area (Å²) in [4.78, 5) is 23.4. The smallest absolute Gasteiger partial charge is 0.407 e. The van der Waals surface area contributed by atoms with Crippen molar-refractivity contribution in [3.63, 3.8) is 0 Å². The van der Waals surface area contributed by atoms with Gasteiger partial charge in [-0.1, -0.05) is 62.4 Å². The normalized spacial score (nSPS) is 21.9. The molecule has 1 amide bonds. The summed E-state index contributed by atoms with van der Waals surface area (Å²) < 4.78 is 5.48. The molecule has 0 aromatic heterocycles. The third-order valence-corrected chi connectivity index (χ3v) is 6.13. The molecule has 2 N–H and O–H groups in total. The van der Waals surface area contributed by atoms with Gasteiger partial charge in [-0.05, 0) is 33.6 Å². The van der Waals surface area contributed by atoms with Crippen molar-refractivity contribution >= 4 is 12.1 Å². The van der Waals surface area contributed by atoms with Gasteiger partial charge in [0.15, 0.2) is 0 Å². The number of rotatable bonds is 5. The number of aliphatic carboxylic acids is 1. The fourth-order valence-corrected chi connectivity index (χ4v) is 4.46. The molecule has 5 nitrogen and oxygen atoms in total. The Balaban J connectivity index is 1.38. The van der Waals surface area contributed by atoms with E-state index >= 15 is 0 Å². The van der Waals surface area contributed by atoms with Crippen LogP contribution in [0.5, 0.6) is 0 Å². The minimum Gasteiger partial charge on any atom is -0.481 e. The van der Waals surface area contributed by atoms with Crippen molar-refractivity contribution in [2.45, 2.75) is 19.8 Å². The number of carboxylic acid groups (broad SMARTS) is 1. The number of carbonyl (C=O) groups is 2. The maximum atomic E-state index is 12.2. The number of alkyl carbamates (subject to hydrolysis) is 1. The van der Waals surface area contributed by atoms with Crippen molar-refractivity contribution in [3.8, 4) is 11.1 Å². The van der Waals surface area contributed by atoms with E-state index < -0.39 is 18.0 Å². The van der Waals surface area contributed by atoms with Gasteiger partial charge in [0.25, 0.3) is 0 Å². The molecule has 1 saturated carbocycles. The van der Waals surface area contributed by atoms with Crippen LogP contribution in [-0.4, -0.2) is 30.3 Å². The molecule has 0 heterocycles. The van der Waals surface area contributed by atoms with Crippen molar-refractivity contribution in [2.24, 2.45) is 17.3 Å². The highest BCUT2D eigenvalue weighted by Gasteiger charge is 2.61. The van der Waals surface area contributed by atoms with Crippen LogP contribution in [0.25, 0.3) is 11.1 Å². The van der Waals surface area contributed by atoms with E-state index in [9.17, 15) is 14.7 Å². The van der Waals surface area contributed by atoms with E-state index in [1.807, 2.05) is 38.1 Å². The zero-order valence-electron chi connectivity index (χ0n) is 15.4. The lowest BCUT2D eigenvalue weighted by molar-refractivity contribution is -0.139. The van der Waals surface area contributed by atoms with Crippen LogP contribution < -0.4 is 5.32 Å². The zero-order valence-corrected chi connectivity index (χ0v) is 15.4. The molecule has 0 aliphatic heterocycles. The highest BCUT2D eigenvalue weighted by atomic mass is 16.5. The Morgan fingerprint density at radius 2 is 1.59 bits per heavy atom. The molecule has 0 bridgehead atoms. The predicted octanol–water partition coefficient (Wildman–Crippen LogP) is 3.88. The minimum atomic E-state index is -0.806. The summed E-state index contributed by atoms with van der Waals surface area (Å²) in [7, 11) is 0. The van der Waals surface area contributed by atoms with Crippen LogP contribution >= 0.6 is 0 Å². The number of carboxylic acids is 1. The number of hydrogen-bond acceptors (Lipinski definition) is 3. The Hall–Kier alpha value is -2.82. The monoisotopic (exact) mass is 365 g/mol. The molecule has 2 atom stereocenters. The molecule has 0 unspecified atom stereocenters. The second kappa shape index (κ2) is 6.41. The van der Waals surface area contributed by atoms with Gasteiger partial charge in [-0.25, -0.2) is 4.79 Å². The van der Waals surface area contributed by atoms with Gasteiger partial charge in [-0.15, -0.1) is 0 Å². The predicted molar refractivity (Wildman–Crippen MR) is 101 cm³/mol. The Labute approximate surface area is 158 Å². The zero-order chi connectivity index (χ0) is 19.2. The van der Waals surface area contributed by atoms with Gasteiger partial charge >= 0.3 is 12.1 Å².